The van der Waals surface area contributed by atoms with Gasteiger partial charge < -0.3 is 14.5 Å². The second-order valence-corrected chi connectivity index (χ2v) is 11.2. The van der Waals surface area contributed by atoms with Crippen LogP contribution in [0.1, 0.15) is 51.6 Å². The molecule has 0 aliphatic carbocycles. The van der Waals surface area contributed by atoms with Crippen LogP contribution in [0.15, 0.2) is 27.9 Å². The number of aromatic amines is 1. The number of ether oxygens (including phenoxy) is 2. The monoisotopic (exact) mass is 546 g/mol. The number of nitrogens with zero attached hydrogens (tertiary/aromatic N) is 4. The first-order chi connectivity index (χ1) is 18.3. The van der Waals surface area contributed by atoms with Gasteiger partial charge in [0.2, 0.25) is 10.0 Å². The van der Waals surface area contributed by atoms with Crippen molar-refractivity contribution in [1.82, 2.24) is 29.2 Å². The van der Waals surface area contributed by atoms with Gasteiger partial charge in [-0.15, -0.1) is 5.10 Å². The maximum atomic E-state index is 13.3. The van der Waals surface area contributed by atoms with E-state index in [4.69, 9.17) is 9.47 Å². The molecule has 0 radical (unpaired) electrons. The molecule has 4 rings (SSSR count). The van der Waals surface area contributed by atoms with E-state index in [2.05, 4.69) is 31.6 Å². The smallest absolute Gasteiger partial charge is 0.277 e. The molecule has 1 aromatic carbocycles. The summed E-state index contributed by atoms with van der Waals surface area (Å²) in [6.45, 7) is 11.6. The van der Waals surface area contributed by atoms with Gasteiger partial charge in [-0.1, -0.05) is 13.8 Å². The summed E-state index contributed by atoms with van der Waals surface area (Å²) in [5.41, 5.74) is 1.03. The fourth-order valence-corrected chi connectivity index (χ4v) is 5.99. The molecular weight excluding hydrogens is 508 g/mol. The van der Waals surface area contributed by atoms with E-state index in [1.165, 1.54) is 12.1 Å². The lowest BCUT2D eigenvalue weighted by atomic mass is 10.1. The predicted octanol–water partition coefficient (Wildman–Crippen LogP) is 2.52. The summed E-state index contributed by atoms with van der Waals surface area (Å²) in [4.78, 5) is 22.7. The summed E-state index contributed by atoms with van der Waals surface area (Å²) >= 11 is 0. The maximum absolute atomic E-state index is 13.3. The van der Waals surface area contributed by atoms with Crippen molar-refractivity contribution in [3.8, 4) is 17.1 Å². The molecule has 38 heavy (non-hydrogen) atoms. The summed E-state index contributed by atoms with van der Waals surface area (Å²) in [7, 11) is -3.81. The van der Waals surface area contributed by atoms with E-state index in [1.54, 1.807) is 17.5 Å². The Bertz CT molecular complexity index is 1410. The number of sulfonamides is 1. The zero-order chi connectivity index (χ0) is 27.3. The lowest BCUT2D eigenvalue weighted by molar-refractivity contribution is 0.0143. The molecule has 1 saturated heterocycles. The van der Waals surface area contributed by atoms with Crippen molar-refractivity contribution in [3.05, 3.63) is 40.1 Å². The number of rotatable bonds is 12. The molecule has 0 saturated carbocycles. The highest BCUT2D eigenvalue weighted by molar-refractivity contribution is 7.89. The Kier molecular flexibility index (Phi) is 9.19. The standard InChI is InChI=1S/C26H38N6O5S/c1-5-8-23-28-18(4)24-26(33)29-25(30-32(23)24)21-17-20(9-10-22(21)37-7-3)38(34,35)27-12-11-19(6-2)31-13-15-36-16-14-31/h9-10,17,19,27H,5-8,11-16H2,1-4H3,(H,29,30,33). The Balaban J connectivity index is 1.63. The van der Waals surface area contributed by atoms with E-state index in [0.29, 0.717) is 67.6 Å². The Morgan fingerprint density at radius 3 is 2.66 bits per heavy atom. The summed E-state index contributed by atoms with van der Waals surface area (Å²) in [5.74, 6) is 1.33. The van der Waals surface area contributed by atoms with Gasteiger partial charge in [-0.2, -0.15) is 0 Å². The van der Waals surface area contributed by atoms with Crippen LogP contribution in [0.5, 0.6) is 5.75 Å². The molecule has 0 amide bonds. The molecule has 1 atom stereocenters. The zero-order valence-electron chi connectivity index (χ0n) is 22.6. The fraction of sp³-hybridized carbons (Fsp3) is 0.577. The molecule has 1 unspecified atom stereocenters. The van der Waals surface area contributed by atoms with Gasteiger partial charge in [-0.3, -0.25) is 9.69 Å². The van der Waals surface area contributed by atoms with Crippen LogP contribution in [-0.4, -0.2) is 78.4 Å². The lowest BCUT2D eigenvalue weighted by Crippen LogP contribution is -2.44. The number of hydrogen-bond acceptors (Lipinski definition) is 8. The molecule has 208 valence electrons. The van der Waals surface area contributed by atoms with Gasteiger partial charge >= 0.3 is 0 Å². The van der Waals surface area contributed by atoms with Gasteiger partial charge in [0, 0.05) is 32.1 Å². The number of morpholine rings is 1. The number of hydrogen-bond donors (Lipinski definition) is 2. The number of benzene rings is 1. The van der Waals surface area contributed by atoms with Crippen molar-refractivity contribution >= 4 is 15.5 Å². The Labute approximate surface area is 223 Å². The first-order valence-electron chi connectivity index (χ1n) is 13.4. The largest absolute Gasteiger partial charge is 0.493 e. The highest BCUT2D eigenvalue weighted by Gasteiger charge is 2.23. The highest BCUT2D eigenvalue weighted by atomic mass is 32.2. The van der Waals surface area contributed by atoms with Crippen molar-refractivity contribution in [2.45, 2.75) is 64.3 Å². The molecule has 1 aliphatic heterocycles. The number of imidazole rings is 1. The fourth-order valence-electron chi connectivity index (χ4n) is 4.92. The van der Waals surface area contributed by atoms with E-state index in [1.807, 2.05) is 13.8 Å². The predicted molar refractivity (Wildman–Crippen MR) is 145 cm³/mol. The first-order valence-corrected chi connectivity index (χ1v) is 14.8. The SMILES string of the molecule is CCCc1nc(C)c2c(=O)[nH]c(-c3cc(S(=O)(=O)NCCC(CC)N4CCOCC4)ccc3OCC)nn12. The Morgan fingerprint density at radius 1 is 1.21 bits per heavy atom. The van der Waals surface area contributed by atoms with Gasteiger partial charge in [0.25, 0.3) is 5.56 Å². The van der Waals surface area contributed by atoms with Crippen LogP contribution in [0.4, 0.5) is 0 Å². The summed E-state index contributed by atoms with van der Waals surface area (Å²) < 4.78 is 42.0. The molecule has 0 spiro atoms. The minimum atomic E-state index is -3.81. The maximum Gasteiger partial charge on any atom is 0.277 e. The third-order valence-corrected chi connectivity index (χ3v) is 8.29. The van der Waals surface area contributed by atoms with Crippen LogP contribution in [-0.2, 0) is 21.2 Å². The van der Waals surface area contributed by atoms with Crippen LogP contribution in [0.25, 0.3) is 16.9 Å². The van der Waals surface area contributed by atoms with Crippen molar-refractivity contribution in [2.75, 3.05) is 39.5 Å². The molecule has 0 bridgehead atoms. The lowest BCUT2D eigenvalue weighted by Gasteiger charge is -2.34. The second-order valence-electron chi connectivity index (χ2n) is 9.41. The van der Waals surface area contributed by atoms with Crippen molar-refractivity contribution in [1.29, 1.82) is 0 Å². The number of aromatic nitrogens is 4. The van der Waals surface area contributed by atoms with Crippen LogP contribution in [0, 0.1) is 6.92 Å². The molecular formula is C26H38N6O5S. The summed E-state index contributed by atoms with van der Waals surface area (Å²) in [6, 6.07) is 4.90. The van der Waals surface area contributed by atoms with Gasteiger partial charge in [-0.05, 0) is 51.3 Å². The Morgan fingerprint density at radius 2 is 1.97 bits per heavy atom. The summed E-state index contributed by atoms with van der Waals surface area (Å²) in [6.07, 6.45) is 3.14. The average molecular weight is 547 g/mol. The minimum Gasteiger partial charge on any atom is -0.493 e. The molecule has 2 N–H and O–H groups in total. The van der Waals surface area contributed by atoms with Crippen molar-refractivity contribution in [2.24, 2.45) is 0 Å². The van der Waals surface area contributed by atoms with Crippen LogP contribution in [0.3, 0.4) is 0 Å². The molecule has 3 heterocycles. The van der Waals surface area contributed by atoms with Gasteiger partial charge in [0.05, 0.1) is 36.0 Å². The third-order valence-electron chi connectivity index (χ3n) is 6.84. The quantitative estimate of drug-likeness (QED) is 0.354. The number of aryl methyl sites for hydroxylation is 2. The van der Waals surface area contributed by atoms with E-state index >= 15 is 0 Å². The molecule has 12 heteroatoms. The highest BCUT2D eigenvalue weighted by Crippen LogP contribution is 2.30. The van der Waals surface area contributed by atoms with E-state index < -0.39 is 10.0 Å². The topological polar surface area (TPSA) is 131 Å². The van der Waals surface area contributed by atoms with E-state index in [0.717, 1.165) is 25.9 Å². The third kappa shape index (κ3) is 6.09. The van der Waals surface area contributed by atoms with E-state index in [9.17, 15) is 13.2 Å². The summed E-state index contributed by atoms with van der Waals surface area (Å²) in [5, 5.41) is 4.65. The van der Waals surface area contributed by atoms with Crippen LogP contribution in [0.2, 0.25) is 0 Å². The first kappa shape index (κ1) is 28.2. The average Bonchev–Trinajstić information content (AvgIpc) is 3.23. The molecule has 3 aromatic rings. The number of fused-ring (bicyclic) bond motifs is 1. The molecule has 1 aliphatic rings. The molecule has 1 fully saturated rings. The minimum absolute atomic E-state index is 0.0775. The van der Waals surface area contributed by atoms with Crippen LogP contribution < -0.4 is 15.0 Å². The van der Waals surface area contributed by atoms with Crippen LogP contribution >= 0.6 is 0 Å². The van der Waals surface area contributed by atoms with Crippen molar-refractivity contribution in [3.63, 3.8) is 0 Å². The molecule has 2 aromatic heterocycles. The molecule has 11 nitrogen and oxygen atoms in total. The Hall–Kier alpha value is -2.80. The number of H-pyrrole nitrogens is 1. The second kappa shape index (κ2) is 12.4. The normalized spacial score (nSPS) is 15.7. The van der Waals surface area contributed by atoms with E-state index in [-0.39, 0.29) is 22.3 Å². The van der Waals surface area contributed by atoms with Crippen molar-refractivity contribution < 1.29 is 17.9 Å². The number of nitrogens with one attached hydrogen (secondary N) is 2. The van der Waals surface area contributed by atoms with Gasteiger partial charge in [0.1, 0.15) is 11.6 Å². The van der Waals surface area contributed by atoms with Gasteiger partial charge in [-0.25, -0.2) is 22.6 Å². The van der Waals surface area contributed by atoms with Gasteiger partial charge in [0.15, 0.2) is 11.3 Å². The zero-order valence-corrected chi connectivity index (χ0v) is 23.4.